The molecule has 4 heteroatoms. The molecule has 1 aromatic heterocycles. The highest BCUT2D eigenvalue weighted by atomic mass is 35.5. The Morgan fingerprint density at radius 3 is 3.08 bits per heavy atom. The number of hydrogen-bond donors (Lipinski definition) is 0. The molecule has 1 aromatic rings. The molecule has 0 saturated carbocycles. The fourth-order valence-corrected chi connectivity index (χ4v) is 1.84. The minimum absolute atomic E-state index is 0.505. The van der Waals surface area contributed by atoms with Crippen LogP contribution in [0.25, 0.3) is 0 Å². The first-order valence-corrected chi connectivity index (χ1v) is 5.35. The molecule has 0 amide bonds. The van der Waals surface area contributed by atoms with Crippen LogP contribution < -0.4 is 0 Å². The van der Waals surface area contributed by atoms with E-state index in [1.807, 2.05) is 12.3 Å². The Bertz CT molecular complexity index is 227. The van der Waals surface area contributed by atoms with E-state index in [0.29, 0.717) is 5.88 Å². The van der Waals surface area contributed by atoms with Crippen LogP contribution in [0.5, 0.6) is 0 Å². The predicted molar refractivity (Wildman–Crippen MR) is 51.9 cm³/mol. The van der Waals surface area contributed by atoms with Gasteiger partial charge in [0.1, 0.15) is 0 Å². The predicted octanol–water partition coefficient (Wildman–Crippen LogP) is 2.46. The Morgan fingerprint density at radius 1 is 1.67 bits per heavy atom. The molecule has 0 aliphatic rings. The monoisotopic (exact) mass is 205 g/mol. The first-order valence-electron chi connectivity index (χ1n) is 3.93. The smallest absolute Gasteiger partial charge is 0.0951 e. The third-order valence-electron chi connectivity index (χ3n) is 1.40. The summed E-state index contributed by atoms with van der Waals surface area (Å²) in [6, 6.07) is 0. The molecule has 2 nitrogen and oxygen atoms in total. The highest BCUT2D eigenvalue weighted by Gasteiger charge is 1.99. The average Bonchev–Trinajstić information content (AvgIpc) is 2.53. The summed E-state index contributed by atoms with van der Waals surface area (Å²) in [7, 11) is 0. The molecule has 0 saturated heterocycles. The van der Waals surface area contributed by atoms with Crippen LogP contribution in [0.15, 0.2) is 5.38 Å². The normalized spacial score (nSPS) is 10.5. The van der Waals surface area contributed by atoms with E-state index in [4.69, 9.17) is 16.3 Å². The van der Waals surface area contributed by atoms with Gasteiger partial charge in [0.2, 0.25) is 0 Å². The van der Waals surface area contributed by atoms with Crippen molar-refractivity contribution in [2.45, 2.75) is 19.2 Å². The van der Waals surface area contributed by atoms with E-state index in [0.717, 1.165) is 30.3 Å². The largest absolute Gasteiger partial charge is 0.381 e. The summed E-state index contributed by atoms with van der Waals surface area (Å²) in [4.78, 5) is 4.31. The number of rotatable bonds is 5. The van der Waals surface area contributed by atoms with E-state index in [-0.39, 0.29) is 0 Å². The van der Waals surface area contributed by atoms with E-state index in [9.17, 15) is 0 Å². The van der Waals surface area contributed by atoms with Crippen LogP contribution in [0, 0.1) is 0 Å². The fourth-order valence-electron chi connectivity index (χ4n) is 0.829. The van der Waals surface area contributed by atoms with Crippen molar-refractivity contribution in [2.75, 3.05) is 13.2 Å². The van der Waals surface area contributed by atoms with Crippen LogP contribution in [-0.2, 0) is 17.0 Å². The van der Waals surface area contributed by atoms with E-state index < -0.39 is 0 Å². The number of ether oxygens (including phenoxy) is 1. The first-order chi connectivity index (χ1) is 5.86. The van der Waals surface area contributed by atoms with Gasteiger partial charge in [-0.3, -0.25) is 0 Å². The van der Waals surface area contributed by atoms with Gasteiger partial charge in [0.05, 0.1) is 23.2 Å². The average molecular weight is 206 g/mol. The van der Waals surface area contributed by atoms with Gasteiger partial charge in [-0.1, -0.05) is 0 Å². The lowest BCUT2D eigenvalue weighted by molar-refractivity contribution is 0.151. The van der Waals surface area contributed by atoms with Gasteiger partial charge in [-0.15, -0.1) is 22.9 Å². The number of halogens is 1. The minimum Gasteiger partial charge on any atom is -0.381 e. The fraction of sp³-hybridized carbons (Fsp3) is 0.625. The maximum Gasteiger partial charge on any atom is 0.0951 e. The van der Waals surface area contributed by atoms with Crippen molar-refractivity contribution in [3.63, 3.8) is 0 Å². The van der Waals surface area contributed by atoms with Crippen LogP contribution in [0.3, 0.4) is 0 Å². The van der Waals surface area contributed by atoms with Crippen LogP contribution in [0.1, 0.15) is 17.6 Å². The van der Waals surface area contributed by atoms with E-state index >= 15 is 0 Å². The maximum atomic E-state index is 5.61. The lowest BCUT2D eigenvalue weighted by Crippen LogP contribution is -1.97. The molecule has 0 unspecified atom stereocenters. The standard InChI is InChI=1S/C8H12ClNOS/c1-2-11-4-3-8-10-7(5-9)6-12-8/h6H,2-5H2,1H3. The molecule has 0 aliphatic heterocycles. The molecular formula is C8H12ClNOS. The van der Waals surface area contributed by atoms with Gasteiger partial charge in [0.25, 0.3) is 0 Å². The van der Waals surface area contributed by atoms with Gasteiger partial charge in [0.15, 0.2) is 0 Å². The van der Waals surface area contributed by atoms with Crippen molar-refractivity contribution in [1.82, 2.24) is 4.98 Å². The molecule has 0 bridgehead atoms. The summed E-state index contributed by atoms with van der Waals surface area (Å²) in [5.74, 6) is 0.505. The van der Waals surface area contributed by atoms with Gasteiger partial charge in [-0.2, -0.15) is 0 Å². The second-order valence-electron chi connectivity index (χ2n) is 2.31. The Morgan fingerprint density at radius 2 is 2.50 bits per heavy atom. The molecule has 0 atom stereocenters. The molecule has 0 spiro atoms. The summed E-state index contributed by atoms with van der Waals surface area (Å²) in [5, 5.41) is 3.10. The topological polar surface area (TPSA) is 22.1 Å². The number of thiazole rings is 1. The minimum atomic E-state index is 0.505. The summed E-state index contributed by atoms with van der Waals surface area (Å²) in [6.45, 7) is 3.52. The van der Waals surface area contributed by atoms with Gasteiger partial charge in [-0.05, 0) is 6.92 Å². The van der Waals surface area contributed by atoms with Crippen LogP contribution in [-0.4, -0.2) is 18.2 Å². The molecule has 1 rings (SSSR count). The zero-order valence-electron chi connectivity index (χ0n) is 7.05. The molecule has 0 fully saturated rings. The summed E-state index contributed by atoms with van der Waals surface area (Å²) < 4.78 is 5.21. The second kappa shape index (κ2) is 5.51. The third kappa shape index (κ3) is 3.09. The molecule has 0 aromatic carbocycles. The summed E-state index contributed by atoms with van der Waals surface area (Å²) in [6.07, 6.45) is 0.898. The number of hydrogen-bond acceptors (Lipinski definition) is 3. The molecule has 0 radical (unpaired) electrons. The summed E-state index contributed by atoms with van der Waals surface area (Å²) in [5.41, 5.74) is 0.966. The molecule has 12 heavy (non-hydrogen) atoms. The van der Waals surface area contributed by atoms with E-state index in [2.05, 4.69) is 4.98 Å². The zero-order valence-corrected chi connectivity index (χ0v) is 8.62. The third-order valence-corrected chi connectivity index (χ3v) is 2.63. The molecule has 1 heterocycles. The quantitative estimate of drug-likeness (QED) is 0.544. The van der Waals surface area contributed by atoms with Crippen molar-refractivity contribution in [1.29, 1.82) is 0 Å². The van der Waals surface area contributed by atoms with Crippen molar-refractivity contribution in [3.05, 3.63) is 16.1 Å². The summed E-state index contributed by atoms with van der Waals surface area (Å²) >= 11 is 7.26. The lowest BCUT2D eigenvalue weighted by Gasteiger charge is -1.96. The van der Waals surface area contributed by atoms with Crippen molar-refractivity contribution in [2.24, 2.45) is 0 Å². The van der Waals surface area contributed by atoms with Crippen LogP contribution in [0.2, 0.25) is 0 Å². The van der Waals surface area contributed by atoms with E-state index in [1.165, 1.54) is 0 Å². The highest BCUT2D eigenvalue weighted by molar-refractivity contribution is 7.09. The highest BCUT2D eigenvalue weighted by Crippen LogP contribution is 2.11. The Hall–Kier alpha value is -0.120. The Labute approximate surface area is 81.5 Å². The zero-order chi connectivity index (χ0) is 8.81. The molecular weight excluding hydrogens is 194 g/mol. The number of alkyl halides is 1. The SMILES string of the molecule is CCOCCc1nc(CCl)cs1. The molecule has 0 aliphatic carbocycles. The Balaban J connectivity index is 2.31. The van der Waals surface area contributed by atoms with Gasteiger partial charge >= 0.3 is 0 Å². The number of nitrogens with zero attached hydrogens (tertiary/aromatic N) is 1. The maximum absolute atomic E-state index is 5.61. The van der Waals surface area contributed by atoms with Crippen molar-refractivity contribution in [3.8, 4) is 0 Å². The lowest BCUT2D eigenvalue weighted by atomic mass is 10.5. The molecule has 68 valence electrons. The van der Waals surface area contributed by atoms with Crippen molar-refractivity contribution < 1.29 is 4.74 Å². The van der Waals surface area contributed by atoms with Crippen LogP contribution >= 0.6 is 22.9 Å². The van der Waals surface area contributed by atoms with Crippen molar-refractivity contribution >= 4 is 22.9 Å². The van der Waals surface area contributed by atoms with Gasteiger partial charge < -0.3 is 4.74 Å². The second-order valence-corrected chi connectivity index (χ2v) is 3.52. The molecule has 0 N–H and O–H groups in total. The first kappa shape index (κ1) is 9.96. The van der Waals surface area contributed by atoms with Crippen LogP contribution in [0.4, 0.5) is 0 Å². The van der Waals surface area contributed by atoms with Gasteiger partial charge in [-0.25, -0.2) is 4.98 Å². The van der Waals surface area contributed by atoms with Gasteiger partial charge in [0, 0.05) is 18.4 Å². The number of aromatic nitrogens is 1. The Kier molecular flexibility index (Phi) is 4.58. The van der Waals surface area contributed by atoms with E-state index in [1.54, 1.807) is 11.3 Å².